The first-order valence-electron chi connectivity index (χ1n) is 9.12. The van der Waals surface area contributed by atoms with Crippen molar-refractivity contribution < 1.29 is 13.2 Å². The molecule has 152 valence electrons. The van der Waals surface area contributed by atoms with Crippen LogP contribution in [0.4, 0.5) is 5.69 Å². The Bertz CT molecular complexity index is 1150. The Morgan fingerprint density at radius 1 is 1.28 bits per heavy atom. The van der Waals surface area contributed by atoms with Crippen molar-refractivity contribution in [1.29, 1.82) is 0 Å². The zero-order chi connectivity index (χ0) is 20.6. The number of hydrogen-bond acceptors (Lipinski definition) is 6. The van der Waals surface area contributed by atoms with E-state index < -0.39 is 10.0 Å². The largest absolute Gasteiger partial charge is 0.326 e. The molecule has 3 aromatic rings. The van der Waals surface area contributed by atoms with E-state index in [9.17, 15) is 13.2 Å². The number of carbonyl (C=O) groups excluding carboxylic acids is 1. The molecule has 29 heavy (non-hydrogen) atoms. The van der Waals surface area contributed by atoms with Crippen molar-refractivity contribution in [2.45, 2.75) is 30.7 Å². The average Bonchev–Trinajstić information content (AvgIpc) is 3.16. The number of pyridine rings is 1. The molecule has 2 aromatic heterocycles. The van der Waals surface area contributed by atoms with E-state index in [4.69, 9.17) is 11.6 Å². The van der Waals surface area contributed by atoms with Gasteiger partial charge in [-0.2, -0.15) is 4.31 Å². The Labute approximate surface area is 177 Å². The Morgan fingerprint density at radius 2 is 2.10 bits per heavy atom. The molecule has 0 spiro atoms. The molecule has 3 heterocycles. The van der Waals surface area contributed by atoms with Gasteiger partial charge in [0.1, 0.15) is 10.0 Å². The summed E-state index contributed by atoms with van der Waals surface area (Å²) in [5, 5.41) is 3.18. The fraction of sp³-hybridized carbons (Fsp3) is 0.316. The molecule has 0 aliphatic carbocycles. The van der Waals surface area contributed by atoms with Crippen molar-refractivity contribution in [2.24, 2.45) is 5.92 Å². The molecule has 10 heteroatoms. The third kappa shape index (κ3) is 4.13. The number of rotatable bonds is 4. The van der Waals surface area contributed by atoms with Gasteiger partial charge >= 0.3 is 0 Å². The van der Waals surface area contributed by atoms with Gasteiger partial charge in [-0.25, -0.2) is 18.4 Å². The predicted molar refractivity (Wildman–Crippen MR) is 114 cm³/mol. The molecule has 4 rings (SSSR count). The predicted octanol–water partition coefficient (Wildman–Crippen LogP) is 3.77. The van der Waals surface area contributed by atoms with Crippen LogP contribution in [0.5, 0.6) is 0 Å². The van der Waals surface area contributed by atoms with Crippen molar-refractivity contribution in [3.05, 3.63) is 47.2 Å². The molecular formula is C19H19ClN4O3S2. The molecule has 1 aliphatic heterocycles. The lowest BCUT2D eigenvalue weighted by molar-refractivity contribution is -0.121. The minimum atomic E-state index is -3.68. The fourth-order valence-corrected chi connectivity index (χ4v) is 5.95. The summed E-state index contributed by atoms with van der Waals surface area (Å²) in [7, 11) is -3.68. The van der Waals surface area contributed by atoms with Crippen LogP contribution in [-0.2, 0) is 14.8 Å². The van der Waals surface area contributed by atoms with Gasteiger partial charge in [0.25, 0.3) is 0 Å². The summed E-state index contributed by atoms with van der Waals surface area (Å²) in [5.41, 5.74) is 3.31. The van der Waals surface area contributed by atoms with Crippen LogP contribution in [0.15, 0.2) is 46.9 Å². The molecule has 0 radical (unpaired) electrons. The number of piperidine rings is 1. The van der Waals surface area contributed by atoms with Crippen LogP contribution in [-0.4, -0.2) is 41.2 Å². The van der Waals surface area contributed by atoms with Crippen molar-refractivity contribution in [3.63, 3.8) is 0 Å². The van der Waals surface area contributed by atoms with Crippen LogP contribution < -0.4 is 5.32 Å². The number of sulfonamides is 1. The van der Waals surface area contributed by atoms with Crippen LogP contribution in [0.25, 0.3) is 10.2 Å². The number of halogens is 1. The van der Waals surface area contributed by atoms with Gasteiger partial charge in [0, 0.05) is 30.4 Å². The van der Waals surface area contributed by atoms with E-state index in [-0.39, 0.29) is 34.5 Å². The highest BCUT2D eigenvalue weighted by Gasteiger charge is 2.37. The third-order valence-electron chi connectivity index (χ3n) is 5.09. The Morgan fingerprint density at radius 3 is 2.83 bits per heavy atom. The summed E-state index contributed by atoms with van der Waals surface area (Å²) in [6, 6.07) is 8.24. The van der Waals surface area contributed by atoms with Crippen molar-refractivity contribution in [3.8, 4) is 0 Å². The number of anilines is 1. The summed E-state index contributed by atoms with van der Waals surface area (Å²) in [6.45, 7) is 2.09. The van der Waals surface area contributed by atoms with E-state index in [0.717, 1.165) is 10.2 Å². The Kier molecular flexibility index (Phi) is 5.56. The van der Waals surface area contributed by atoms with Gasteiger partial charge in [-0.3, -0.25) is 4.79 Å². The number of hydrogen-bond donors (Lipinski definition) is 1. The normalized spacial score (nSPS) is 20.6. The fourth-order valence-electron chi connectivity index (χ4n) is 3.58. The smallest absolute Gasteiger partial charge is 0.244 e. The minimum absolute atomic E-state index is 0.100. The van der Waals surface area contributed by atoms with E-state index >= 15 is 0 Å². The summed E-state index contributed by atoms with van der Waals surface area (Å²) in [4.78, 5) is 21.0. The Balaban J connectivity index is 1.44. The summed E-state index contributed by atoms with van der Waals surface area (Å²) >= 11 is 7.30. The first-order chi connectivity index (χ1) is 13.8. The van der Waals surface area contributed by atoms with Crippen LogP contribution in [0, 0.1) is 5.92 Å². The van der Waals surface area contributed by atoms with Crippen molar-refractivity contribution >= 4 is 54.8 Å². The molecule has 7 nitrogen and oxygen atoms in total. The van der Waals surface area contributed by atoms with E-state index in [0.29, 0.717) is 18.5 Å². The molecular weight excluding hydrogens is 432 g/mol. The van der Waals surface area contributed by atoms with Gasteiger partial charge in [-0.1, -0.05) is 11.6 Å². The topological polar surface area (TPSA) is 92.3 Å². The lowest BCUT2D eigenvalue weighted by Crippen LogP contribution is -2.46. The number of nitrogens with one attached hydrogen (secondary N) is 1. The second-order valence-electron chi connectivity index (χ2n) is 7.03. The van der Waals surface area contributed by atoms with Gasteiger partial charge in [0.2, 0.25) is 15.9 Å². The maximum absolute atomic E-state index is 12.9. The molecule has 1 fully saturated rings. The van der Waals surface area contributed by atoms with Crippen molar-refractivity contribution in [2.75, 3.05) is 11.9 Å². The highest BCUT2D eigenvalue weighted by atomic mass is 35.5. The van der Waals surface area contributed by atoms with Gasteiger partial charge in [0.15, 0.2) is 0 Å². The number of thiazole rings is 1. The maximum Gasteiger partial charge on any atom is 0.244 e. The lowest BCUT2D eigenvalue weighted by Gasteiger charge is -2.36. The molecule has 0 saturated carbocycles. The number of benzene rings is 1. The maximum atomic E-state index is 12.9. The number of aromatic nitrogens is 2. The minimum Gasteiger partial charge on any atom is -0.326 e. The molecule has 0 bridgehead atoms. The summed E-state index contributed by atoms with van der Waals surface area (Å²) in [5.74, 6) is -0.359. The third-order valence-corrected chi connectivity index (χ3v) is 8.12. The number of fused-ring (bicyclic) bond motifs is 1. The molecule has 1 aromatic carbocycles. The van der Waals surface area contributed by atoms with E-state index in [1.165, 1.54) is 22.6 Å². The van der Waals surface area contributed by atoms with Gasteiger partial charge < -0.3 is 5.32 Å². The van der Waals surface area contributed by atoms with E-state index in [1.54, 1.807) is 16.8 Å². The zero-order valence-corrected chi connectivity index (χ0v) is 18.0. The zero-order valence-electron chi connectivity index (χ0n) is 15.6. The molecule has 1 aliphatic rings. The number of carbonyl (C=O) groups is 1. The molecule has 0 unspecified atom stereocenters. The van der Waals surface area contributed by atoms with Gasteiger partial charge in [-0.15, -0.1) is 11.3 Å². The standard InChI is InChI=1S/C19H19ClN4O3S2/c1-12-8-13(19(25)23-14-2-4-17-16(9-14)22-11-28-17)6-7-24(12)29(26,27)15-3-5-18(20)21-10-15/h2-5,9-13H,6-8H2,1H3,(H,23,25)/t12-,13+/m0/s1. The van der Waals surface area contributed by atoms with Crippen LogP contribution in [0.1, 0.15) is 19.8 Å². The summed E-state index contributed by atoms with van der Waals surface area (Å²) in [6.07, 6.45) is 2.16. The quantitative estimate of drug-likeness (QED) is 0.611. The SMILES string of the molecule is C[C@H]1C[C@H](C(=O)Nc2ccc3scnc3c2)CCN1S(=O)(=O)c1ccc(Cl)nc1. The van der Waals surface area contributed by atoms with E-state index in [1.807, 2.05) is 25.1 Å². The first kappa shape index (κ1) is 20.2. The van der Waals surface area contributed by atoms with E-state index in [2.05, 4.69) is 15.3 Å². The summed E-state index contributed by atoms with van der Waals surface area (Å²) < 4.78 is 28.3. The van der Waals surface area contributed by atoms with Crippen LogP contribution >= 0.6 is 22.9 Å². The van der Waals surface area contributed by atoms with Crippen molar-refractivity contribution in [1.82, 2.24) is 14.3 Å². The molecule has 1 N–H and O–H groups in total. The molecule has 1 amide bonds. The number of amides is 1. The van der Waals surface area contributed by atoms with Gasteiger partial charge in [0.05, 0.1) is 15.7 Å². The van der Waals surface area contributed by atoms with Gasteiger partial charge in [-0.05, 0) is 50.1 Å². The first-order valence-corrected chi connectivity index (χ1v) is 11.8. The second kappa shape index (κ2) is 7.98. The number of nitrogens with zero attached hydrogens (tertiary/aromatic N) is 3. The van der Waals surface area contributed by atoms with Crippen LogP contribution in [0.2, 0.25) is 5.15 Å². The lowest BCUT2D eigenvalue weighted by atomic mass is 9.92. The molecule has 1 saturated heterocycles. The highest BCUT2D eigenvalue weighted by molar-refractivity contribution is 7.89. The Hall–Kier alpha value is -2.07. The van der Waals surface area contributed by atoms with Crippen LogP contribution in [0.3, 0.4) is 0 Å². The molecule has 2 atom stereocenters. The average molecular weight is 451 g/mol. The monoisotopic (exact) mass is 450 g/mol. The highest BCUT2D eigenvalue weighted by Crippen LogP contribution is 2.30. The second-order valence-corrected chi connectivity index (χ2v) is 10.2.